The van der Waals surface area contributed by atoms with Crippen LogP contribution in [0.15, 0.2) is 79.1 Å². The molecule has 3 fully saturated rings. The van der Waals surface area contributed by atoms with E-state index in [1.807, 2.05) is 60.7 Å². The van der Waals surface area contributed by atoms with Crippen molar-refractivity contribution in [2.24, 2.45) is 0 Å². The Labute approximate surface area is 417 Å². The van der Waals surface area contributed by atoms with Crippen LogP contribution in [0, 0.1) is 0 Å². The second-order valence-corrected chi connectivity index (χ2v) is 19.6. The molecule has 5 aromatic rings. The van der Waals surface area contributed by atoms with E-state index < -0.39 is 6.04 Å². The van der Waals surface area contributed by atoms with Gasteiger partial charge >= 0.3 is 0 Å². The van der Waals surface area contributed by atoms with Crippen molar-refractivity contribution < 1.29 is 23.9 Å². The number of ether oxygens (including phenoxy) is 1. The molecule has 3 saturated heterocycles. The van der Waals surface area contributed by atoms with E-state index in [0.717, 1.165) is 169 Å². The summed E-state index contributed by atoms with van der Waals surface area (Å²) in [5.74, 6) is 2.03. The molecular formula is C54H70N12O5. The van der Waals surface area contributed by atoms with Gasteiger partial charge < -0.3 is 50.4 Å². The second-order valence-electron chi connectivity index (χ2n) is 19.6. The topological polar surface area (TPSA) is 187 Å². The number of piperidine rings is 2. The number of piperazine rings is 1. The number of rotatable bonds is 22. The van der Waals surface area contributed by atoms with Crippen molar-refractivity contribution >= 4 is 41.4 Å². The zero-order valence-corrected chi connectivity index (χ0v) is 41.2. The molecule has 4 N–H and O–H groups in total. The Morgan fingerprint density at radius 1 is 0.817 bits per heavy atom. The minimum Gasteiger partial charge on any atom is -0.457 e. The van der Waals surface area contributed by atoms with Crippen molar-refractivity contribution in [3.63, 3.8) is 0 Å². The number of carbonyl (C=O) groups is 4. The van der Waals surface area contributed by atoms with E-state index in [1.165, 1.54) is 11.9 Å². The lowest BCUT2D eigenvalue weighted by Crippen LogP contribution is -2.49. The third-order valence-corrected chi connectivity index (χ3v) is 15.4. The molecule has 3 amide bonds. The summed E-state index contributed by atoms with van der Waals surface area (Å²) in [6.45, 7) is 12.7. The van der Waals surface area contributed by atoms with Crippen LogP contribution in [0.1, 0.15) is 91.2 Å². The number of para-hydroxylation sites is 1. The van der Waals surface area contributed by atoms with Gasteiger partial charge in [-0.2, -0.15) is 5.10 Å². The summed E-state index contributed by atoms with van der Waals surface area (Å²) in [7, 11) is 1.57. The number of amides is 3. The van der Waals surface area contributed by atoms with Crippen molar-refractivity contribution in [2.75, 3.05) is 91.3 Å². The van der Waals surface area contributed by atoms with E-state index in [9.17, 15) is 19.2 Å². The number of nitrogens with zero attached hydrogens (tertiary/aromatic N) is 9. The normalized spacial score (nSPS) is 18.6. The molecule has 2 aromatic heterocycles. The Bertz CT molecular complexity index is 2570. The van der Waals surface area contributed by atoms with Crippen LogP contribution in [-0.2, 0) is 20.9 Å². The van der Waals surface area contributed by atoms with Crippen molar-refractivity contribution in [1.29, 1.82) is 0 Å². The molecule has 17 nitrogen and oxygen atoms in total. The largest absolute Gasteiger partial charge is 0.457 e. The predicted octanol–water partition coefficient (Wildman–Crippen LogP) is 5.34. The van der Waals surface area contributed by atoms with Gasteiger partial charge in [-0.15, -0.1) is 0 Å². The Hall–Kier alpha value is -6.27. The summed E-state index contributed by atoms with van der Waals surface area (Å²) in [6.07, 6.45) is 10.9. The van der Waals surface area contributed by atoms with E-state index in [4.69, 9.17) is 20.6 Å². The Kier molecular flexibility index (Phi) is 16.6. The molecule has 3 aromatic carbocycles. The standard InChI is InChI=1S/C54H70N12O5/c1-56-53(69)48(9-5-34-67)65-36-42-35-41(12-15-47(42)54(65)70)39-17-25-61(26-18-39)23-6-24-62-30-32-63(33-31-62)27-19-43(16-22-57-38-68)64-28-20-44(21-29-64)66-52-49(51(55)58-37-59-52)50(60-66)40-10-13-46(14-11-40)71-45-7-3-2-4-8-45/h2-4,7-8,10-15,34-35,37-39,43-44,48H,5-6,9,16-33,36H2,1H3,(H,56,69)(H,57,68)(H2,55,58,59). The van der Waals surface area contributed by atoms with Gasteiger partial charge in [-0.3, -0.25) is 14.4 Å². The van der Waals surface area contributed by atoms with Crippen LogP contribution in [0.5, 0.6) is 11.5 Å². The summed E-state index contributed by atoms with van der Waals surface area (Å²) in [5.41, 5.74) is 11.9. The van der Waals surface area contributed by atoms with Crippen molar-refractivity contribution in [3.8, 4) is 22.8 Å². The maximum atomic E-state index is 13.3. The van der Waals surface area contributed by atoms with Crippen molar-refractivity contribution in [1.82, 2.24) is 54.9 Å². The third kappa shape index (κ3) is 11.9. The van der Waals surface area contributed by atoms with Gasteiger partial charge in [-0.1, -0.05) is 30.3 Å². The van der Waals surface area contributed by atoms with Crippen LogP contribution in [-0.4, -0.2) is 166 Å². The van der Waals surface area contributed by atoms with E-state index >= 15 is 0 Å². The Balaban J connectivity index is 0.708. The third-order valence-electron chi connectivity index (χ3n) is 15.4. The first-order valence-electron chi connectivity index (χ1n) is 25.8. The highest BCUT2D eigenvalue weighted by molar-refractivity contribution is 6.01. The molecular weight excluding hydrogens is 897 g/mol. The number of nitrogens with two attached hydrogens (primary N) is 1. The van der Waals surface area contributed by atoms with E-state index in [1.54, 1.807) is 11.9 Å². The molecule has 2 unspecified atom stereocenters. The molecule has 71 heavy (non-hydrogen) atoms. The van der Waals surface area contributed by atoms with Gasteiger partial charge in [0.05, 0.1) is 11.4 Å². The molecule has 9 rings (SSSR count). The number of anilines is 1. The molecule has 0 saturated carbocycles. The molecule has 4 aliphatic heterocycles. The number of likely N-dealkylation sites (N-methyl/N-ethyl adjacent to an activating group) is 1. The van der Waals surface area contributed by atoms with Crippen molar-refractivity contribution in [2.45, 2.75) is 88.4 Å². The van der Waals surface area contributed by atoms with Crippen LogP contribution in [0.2, 0.25) is 0 Å². The highest BCUT2D eigenvalue weighted by atomic mass is 16.5. The zero-order valence-electron chi connectivity index (χ0n) is 41.2. The summed E-state index contributed by atoms with van der Waals surface area (Å²) in [4.78, 5) is 69.4. The number of fused-ring (bicyclic) bond motifs is 2. The molecule has 6 heterocycles. The quantitative estimate of drug-likeness (QED) is 0.0597. The highest BCUT2D eigenvalue weighted by Crippen LogP contribution is 2.37. The molecule has 0 bridgehead atoms. The smallest absolute Gasteiger partial charge is 0.255 e. The first kappa shape index (κ1) is 49.7. The monoisotopic (exact) mass is 967 g/mol. The predicted molar refractivity (Wildman–Crippen MR) is 274 cm³/mol. The first-order chi connectivity index (χ1) is 34.8. The van der Waals surface area contributed by atoms with Gasteiger partial charge in [-0.05, 0) is 144 Å². The van der Waals surface area contributed by atoms with Gasteiger partial charge in [0.25, 0.3) is 5.91 Å². The number of aldehydes is 1. The van der Waals surface area contributed by atoms with Crippen molar-refractivity contribution in [3.05, 3.63) is 95.8 Å². The fourth-order valence-corrected chi connectivity index (χ4v) is 11.3. The highest BCUT2D eigenvalue weighted by Gasteiger charge is 2.37. The number of nitrogen functional groups attached to an aromatic ring is 1. The van der Waals surface area contributed by atoms with E-state index in [0.29, 0.717) is 42.9 Å². The Morgan fingerprint density at radius 2 is 1.52 bits per heavy atom. The summed E-state index contributed by atoms with van der Waals surface area (Å²) in [5, 5.41) is 11.5. The van der Waals surface area contributed by atoms with Crippen LogP contribution in [0.4, 0.5) is 5.82 Å². The van der Waals surface area contributed by atoms with Gasteiger partial charge in [0.15, 0.2) is 5.65 Å². The minimum atomic E-state index is -0.646. The first-order valence-corrected chi connectivity index (χ1v) is 25.8. The van der Waals surface area contributed by atoms with E-state index in [2.05, 4.69) is 52.0 Å². The van der Waals surface area contributed by atoms with Crippen LogP contribution in [0.3, 0.4) is 0 Å². The number of carbonyl (C=O) groups excluding carboxylic acids is 4. The molecule has 4 aliphatic rings. The second kappa shape index (κ2) is 23.8. The lowest BCUT2D eigenvalue weighted by Gasteiger charge is -2.40. The maximum absolute atomic E-state index is 13.3. The lowest BCUT2D eigenvalue weighted by atomic mass is 9.88. The number of aromatic nitrogens is 4. The molecule has 0 spiro atoms. The SMILES string of the molecule is CNC(=O)C(CCC=O)N1Cc2cc(C3CCN(CCCN4CCN(CCC(CCNC=O)N5CCC(n6nc(-c7ccc(Oc8ccccc8)cc7)c7c(N)ncnc76)CC5)CC4)CC3)ccc2C1=O. The number of hydrogen-bond acceptors (Lipinski definition) is 13. The Morgan fingerprint density at radius 3 is 2.23 bits per heavy atom. The van der Waals surface area contributed by atoms with Crippen LogP contribution < -0.4 is 21.1 Å². The lowest BCUT2D eigenvalue weighted by molar-refractivity contribution is -0.125. The fraction of sp³-hybridized carbons (Fsp3) is 0.500. The van der Waals surface area contributed by atoms with Gasteiger partial charge in [0.2, 0.25) is 12.3 Å². The average molecular weight is 967 g/mol. The molecule has 0 radical (unpaired) electrons. The number of benzene rings is 3. The van der Waals surface area contributed by atoms with Gasteiger partial charge in [0.1, 0.15) is 41.7 Å². The van der Waals surface area contributed by atoms with E-state index in [-0.39, 0.29) is 24.3 Å². The van der Waals surface area contributed by atoms with Crippen LogP contribution in [0.25, 0.3) is 22.3 Å². The molecule has 2 atom stereocenters. The molecule has 17 heteroatoms. The maximum Gasteiger partial charge on any atom is 0.255 e. The molecule has 0 aliphatic carbocycles. The van der Waals surface area contributed by atoms with Gasteiger partial charge in [-0.25, -0.2) is 14.6 Å². The minimum absolute atomic E-state index is 0.131. The number of nitrogens with one attached hydrogen (secondary N) is 2. The fourth-order valence-electron chi connectivity index (χ4n) is 11.3. The van der Waals surface area contributed by atoms with Gasteiger partial charge in [0, 0.05) is 83.0 Å². The number of likely N-dealkylation sites (tertiary alicyclic amines) is 2. The summed E-state index contributed by atoms with van der Waals surface area (Å²) >= 11 is 0. The number of hydrogen-bond donors (Lipinski definition) is 3. The van der Waals surface area contributed by atoms with Crippen LogP contribution >= 0.6 is 0 Å². The summed E-state index contributed by atoms with van der Waals surface area (Å²) < 4.78 is 8.11. The zero-order chi connectivity index (χ0) is 49.1. The average Bonchev–Trinajstić information content (AvgIpc) is 3.96. The molecule has 376 valence electrons. The summed E-state index contributed by atoms with van der Waals surface area (Å²) in [6, 6.07) is 23.8.